The molecule has 98 valence electrons. The molecular formula is C11H28O3Si2. The van der Waals surface area contributed by atoms with Crippen molar-refractivity contribution in [1.29, 1.82) is 0 Å². The second-order valence-electron chi connectivity index (χ2n) is 5.08. The van der Waals surface area contributed by atoms with Crippen molar-refractivity contribution >= 4 is 17.6 Å². The lowest BCUT2D eigenvalue weighted by atomic mass is 10.4. The van der Waals surface area contributed by atoms with E-state index >= 15 is 0 Å². The summed E-state index contributed by atoms with van der Waals surface area (Å²) in [5, 5.41) is 0. The fourth-order valence-electron chi connectivity index (χ4n) is 1.09. The second-order valence-corrected chi connectivity index (χ2v) is 11.3. The molecule has 0 radical (unpaired) electrons. The van der Waals surface area contributed by atoms with E-state index in [0.29, 0.717) is 13.2 Å². The molecule has 0 rings (SSSR count). The normalized spacial score (nSPS) is 13.7. The monoisotopic (exact) mass is 264 g/mol. The number of hydrogen-bond acceptors (Lipinski definition) is 3. The third-order valence-corrected chi connectivity index (χ3v) is 3.65. The average molecular weight is 265 g/mol. The minimum absolute atomic E-state index is 0.217. The summed E-state index contributed by atoms with van der Waals surface area (Å²) in [5.74, 6) is 0. The maximum atomic E-state index is 5.65. The molecular weight excluding hydrogens is 236 g/mol. The fraction of sp³-hybridized carbons (Fsp3) is 1.00. The molecule has 0 aromatic heterocycles. The van der Waals surface area contributed by atoms with E-state index < -0.39 is 17.6 Å². The molecule has 0 aliphatic heterocycles. The quantitative estimate of drug-likeness (QED) is 0.442. The first-order valence-electron chi connectivity index (χ1n) is 6.29. The summed E-state index contributed by atoms with van der Waals surface area (Å²) in [5.41, 5.74) is 0. The van der Waals surface area contributed by atoms with Gasteiger partial charge in [0.25, 0.3) is 0 Å². The Kier molecular flexibility index (Phi) is 10.7. The van der Waals surface area contributed by atoms with Gasteiger partial charge in [0.2, 0.25) is 0 Å². The summed E-state index contributed by atoms with van der Waals surface area (Å²) in [7, 11) is -1.15. The Morgan fingerprint density at radius 3 is 2.00 bits per heavy atom. The number of hydrogen-bond donors (Lipinski definition) is 0. The Labute approximate surface area is 104 Å². The first-order chi connectivity index (χ1) is 7.52. The molecule has 0 aliphatic rings. The predicted molar refractivity (Wildman–Crippen MR) is 74.8 cm³/mol. The van der Waals surface area contributed by atoms with Crippen molar-refractivity contribution < 1.29 is 14.2 Å². The Balaban J connectivity index is 3.18. The molecule has 0 aromatic carbocycles. The average Bonchev–Trinajstić information content (AvgIpc) is 2.19. The Hall–Kier alpha value is 0.314. The van der Waals surface area contributed by atoms with Gasteiger partial charge in [-0.15, -0.1) is 0 Å². The maximum absolute atomic E-state index is 5.65. The molecule has 0 amide bonds. The van der Waals surface area contributed by atoms with Crippen LogP contribution in [0.25, 0.3) is 0 Å². The van der Waals surface area contributed by atoms with Gasteiger partial charge in [-0.2, -0.15) is 0 Å². The first kappa shape index (κ1) is 16.3. The Morgan fingerprint density at radius 1 is 0.875 bits per heavy atom. The van der Waals surface area contributed by atoms with Crippen molar-refractivity contribution in [2.24, 2.45) is 0 Å². The van der Waals surface area contributed by atoms with Crippen LogP contribution >= 0.6 is 0 Å². The Morgan fingerprint density at radius 2 is 1.44 bits per heavy atom. The minimum Gasteiger partial charge on any atom is -0.383 e. The van der Waals surface area contributed by atoms with E-state index in [4.69, 9.17) is 14.2 Å². The summed E-state index contributed by atoms with van der Waals surface area (Å²) in [4.78, 5) is 0. The summed E-state index contributed by atoms with van der Waals surface area (Å²) < 4.78 is 16.6. The number of ether oxygens (including phenoxy) is 3. The molecule has 0 saturated carbocycles. The fourth-order valence-corrected chi connectivity index (χ4v) is 2.44. The molecule has 3 nitrogen and oxygen atoms in total. The topological polar surface area (TPSA) is 27.7 Å². The molecule has 1 unspecified atom stereocenters. The van der Waals surface area contributed by atoms with Crippen LogP contribution in [-0.4, -0.2) is 56.0 Å². The van der Waals surface area contributed by atoms with Gasteiger partial charge in [-0.3, -0.25) is 0 Å². The molecule has 0 aliphatic carbocycles. The predicted octanol–water partition coefficient (Wildman–Crippen LogP) is 1.48. The largest absolute Gasteiger partial charge is 0.383 e. The smallest absolute Gasteiger partial charge is 0.0776 e. The van der Waals surface area contributed by atoms with Crippen molar-refractivity contribution in [3.05, 3.63) is 0 Å². The summed E-state index contributed by atoms with van der Waals surface area (Å²) in [6, 6.07) is 0. The van der Waals surface area contributed by atoms with Crippen LogP contribution in [-0.2, 0) is 14.2 Å². The standard InChI is InChI=1S/C11H28O3Si2/c1-11(14-10-16(4)5)8-12-6-7-13-9-15(2)3/h11,15-16H,6-10H2,1-5H3. The zero-order valence-electron chi connectivity index (χ0n) is 11.5. The van der Waals surface area contributed by atoms with Crippen LogP contribution in [0.1, 0.15) is 6.92 Å². The van der Waals surface area contributed by atoms with Crippen LogP contribution < -0.4 is 0 Å². The molecule has 16 heavy (non-hydrogen) atoms. The van der Waals surface area contributed by atoms with Crippen molar-refractivity contribution in [2.75, 3.05) is 32.3 Å². The highest BCUT2D eigenvalue weighted by atomic mass is 28.3. The van der Waals surface area contributed by atoms with Gasteiger partial charge in [-0.1, -0.05) is 26.2 Å². The van der Waals surface area contributed by atoms with Gasteiger partial charge < -0.3 is 14.2 Å². The highest BCUT2D eigenvalue weighted by molar-refractivity contribution is 6.55. The summed E-state index contributed by atoms with van der Waals surface area (Å²) >= 11 is 0. The highest BCUT2D eigenvalue weighted by Crippen LogP contribution is 1.94. The molecule has 0 aromatic rings. The third-order valence-electron chi connectivity index (χ3n) is 1.89. The van der Waals surface area contributed by atoms with Crippen molar-refractivity contribution in [1.82, 2.24) is 0 Å². The van der Waals surface area contributed by atoms with Gasteiger partial charge in [0.1, 0.15) is 0 Å². The first-order valence-corrected chi connectivity index (χ1v) is 12.5. The van der Waals surface area contributed by atoms with Gasteiger partial charge in [0.05, 0.1) is 43.5 Å². The van der Waals surface area contributed by atoms with Gasteiger partial charge in [-0.05, 0) is 6.92 Å². The van der Waals surface area contributed by atoms with Crippen LogP contribution in [0.2, 0.25) is 26.2 Å². The van der Waals surface area contributed by atoms with E-state index in [1.807, 2.05) is 0 Å². The highest BCUT2D eigenvalue weighted by Gasteiger charge is 2.04. The third kappa shape index (κ3) is 12.4. The van der Waals surface area contributed by atoms with Crippen molar-refractivity contribution in [2.45, 2.75) is 39.2 Å². The van der Waals surface area contributed by atoms with Crippen LogP contribution in [0.3, 0.4) is 0 Å². The minimum atomic E-state index is -0.588. The van der Waals surface area contributed by atoms with Crippen molar-refractivity contribution in [3.8, 4) is 0 Å². The molecule has 0 fully saturated rings. The zero-order chi connectivity index (χ0) is 12.4. The van der Waals surface area contributed by atoms with Gasteiger partial charge >= 0.3 is 0 Å². The SMILES string of the molecule is CC(COCCOC[SiH](C)C)OC[SiH](C)C. The molecule has 0 spiro atoms. The van der Waals surface area contributed by atoms with E-state index in [1.165, 1.54) is 0 Å². The Bertz CT molecular complexity index is 154. The number of rotatable bonds is 10. The van der Waals surface area contributed by atoms with E-state index in [0.717, 1.165) is 19.1 Å². The van der Waals surface area contributed by atoms with E-state index in [-0.39, 0.29) is 6.10 Å². The molecule has 0 N–H and O–H groups in total. The maximum Gasteiger partial charge on any atom is 0.0776 e. The molecule has 0 heterocycles. The molecule has 0 bridgehead atoms. The van der Waals surface area contributed by atoms with Gasteiger partial charge in [0, 0.05) is 12.5 Å². The van der Waals surface area contributed by atoms with E-state index in [1.54, 1.807) is 0 Å². The lowest BCUT2D eigenvalue weighted by Crippen LogP contribution is -2.23. The molecule has 5 heteroatoms. The van der Waals surface area contributed by atoms with Crippen LogP contribution in [0, 0.1) is 0 Å². The van der Waals surface area contributed by atoms with E-state index in [2.05, 4.69) is 33.1 Å². The van der Waals surface area contributed by atoms with Crippen LogP contribution in [0.4, 0.5) is 0 Å². The van der Waals surface area contributed by atoms with E-state index in [9.17, 15) is 0 Å². The van der Waals surface area contributed by atoms with Gasteiger partial charge in [-0.25, -0.2) is 0 Å². The summed E-state index contributed by atoms with van der Waals surface area (Å²) in [6.45, 7) is 13.3. The zero-order valence-corrected chi connectivity index (χ0v) is 13.8. The molecule has 1 atom stereocenters. The lowest BCUT2D eigenvalue weighted by molar-refractivity contribution is -0.00780. The van der Waals surface area contributed by atoms with Gasteiger partial charge in [0.15, 0.2) is 0 Å². The lowest BCUT2D eigenvalue weighted by Gasteiger charge is -2.14. The summed E-state index contributed by atoms with van der Waals surface area (Å²) in [6.07, 6.45) is 2.11. The molecule has 0 saturated heterocycles. The van der Waals surface area contributed by atoms with Crippen molar-refractivity contribution in [3.63, 3.8) is 0 Å². The second kappa shape index (κ2) is 10.5. The van der Waals surface area contributed by atoms with Crippen LogP contribution in [0.5, 0.6) is 0 Å². The van der Waals surface area contributed by atoms with Crippen LogP contribution in [0.15, 0.2) is 0 Å².